The first-order valence-corrected chi connectivity index (χ1v) is 7.51. The van der Waals surface area contributed by atoms with E-state index in [1.54, 1.807) is 42.6 Å². The normalized spacial score (nSPS) is 12.4. The van der Waals surface area contributed by atoms with Crippen LogP contribution in [-0.4, -0.2) is 13.4 Å². The summed E-state index contributed by atoms with van der Waals surface area (Å²) in [5.41, 5.74) is 1.57. The Morgan fingerprint density at radius 1 is 1.21 bits per heavy atom. The maximum absolute atomic E-state index is 12.1. The standard InChI is InChI=1S/C14H12ClNO2S/c1-11-4-6-13(7-5-11)19(17,18)10-14(15)12-3-2-8-16-9-12/h2-10H,1H3/b14-10+. The minimum atomic E-state index is -3.55. The summed E-state index contributed by atoms with van der Waals surface area (Å²) in [5, 5.41) is 1.20. The third-order valence-corrected chi connectivity index (χ3v) is 4.48. The van der Waals surface area contributed by atoms with Crippen molar-refractivity contribution >= 4 is 26.5 Å². The fraction of sp³-hybridized carbons (Fsp3) is 0.0714. The molecule has 0 bridgehead atoms. The zero-order valence-electron chi connectivity index (χ0n) is 10.2. The smallest absolute Gasteiger partial charge is 0.201 e. The number of nitrogens with zero attached hydrogens (tertiary/aromatic N) is 1. The van der Waals surface area contributed by atoms with Crippen LogP contribution in [0.1, 0.15) is 11.1 Å². The van der Waals surface area contributed by atoms with Crippen LogP contribution in [0.25, 0.3) is 5.03 Å². The number of benzene rings is 1. The van der Waals surface area contributed by atoms with Gasteiger partial charge in [-0.3, -0.25) is 4.98 Å². The second kappa shape index (κ2) is 5.55. The van der Waals surface area contributed by atoms with Crippen LogP contribution in [-0.2, 0) is 9.84 Å². The van der Waals surface area contributed by atoms with Gasteiger partial charge in [0.2, 0.25) is 9.84 Å². The van der Waals surface area contributed by atoms with Crippen molar-refractivity contribution in [2.75, 3.05) is 0 Å². The summed E-state index contributed by atoms with van der Waals surface area (Å²) >= 11 is 6.01. The van der Waals surface area contributed by atoms with E-state index in [1.165, 1.54) is 6.20 Å². The molecule has 98 valence electrons. The van der Waals surface area contributed by atoms with Crippen molar-refractivity contribution in [1.29, 1.82) is 0 Å². The van der Waals surface area contributed by atoms with Crippen LogP contribution in [0.15, 0.2) is 59.1 Å². The largest absolute Gasteiger partial charge is 0.264 e. The average molecular weight is 294 g/mol. The summed E-state index contributed by atoms with van der Waals surface area (Å²) in [6, 6.07) is 10.0. The Hall–Kier alpha value is -1.65. The van der Waals surface area contributed by atoms with Gasteiger partial charge in [-0.25, -0.2) is 8.42 Å². The summed E-state index contributed by atoms with van der Waals surface area (Å²) in [5.74, 6) is 0. The number of aryl methyl sites for hydroxylation is 1. The molecular weight excluding hydrogens is 282 g/mol. The maximum atomic E-state index is 12.1. The summed E-state index contributed by atoms with van der Waals surface area (Å²) in [7, 11) is -3.55. The van der Waals surface area contributed by atoms with E-state index >= 15 is 0 Å². The lowest BCUT2D eigenvalue weighted by molar-refractivity contribution is 0.605. The molecule has 0 aliphatic rings. The molecule has 0 N–H and O–H groups in total. The number of rotatable bonds is 3. The lowest BCUT2D eigenvalue weighted by atomic mass is 10.2. The summed E-state index contributed by atoms with van der Waals surface area (Å²) in [4.78, 5) is 4.12. The number of aromatic nitrogens is 1. The molecule has 0 saturated heterocycles. The Bertz CT molecular complexity index is 692. The van der Waals surface area contributed by atoms with Gasteiger partial charge in [-0.05, 0) is 25.1 Å². The lowest BCUT2D eigenvalue weighted by Crippen LogP contribution is -1.97. The van der Waals surface area contributed by atoms with E-state index in [-0.39, 0.29) is 9.93 Å². The minimum absolute atomic E-state index is 0.147. The molecule has 0 aliphatic heterocycles. The molecule has 0 spiro atoms. The molecule has 2 rings (SSSR count). The Labute approximate surface area is 117 Å². The molecule has 0 aliphatic carbocycles. The molecule has 1 heterocycles. The Morgan fingerprint density at radius 3 is 2.47 bits per heavy atom. The van der Waals surface area contributed by atoms with E-state index in [9.17, 15) is 8.42 Å². The van der Waals surface area contributed by atoms with Gasteiger partial charge in [-0.1, -0.05) is 35.4 Å². The lowest BCUT2D eigenvalue weighted by Gasteiger charge is -2.02. The Balaban J connectivity index is 2.39. The van der Waals surface area contributed by atoms with Gasteiger partial charge in [-0.2, -0.15) is 0 Å². The van der Waals surface area contributed by atoms with Crippen molar-refractivity contribution in [2.24, 2.45) is 0 Å². The van der Waals surface area contributed by atoms with Gasteiger partial charge >= 0.3 is 0 Å². The first-order chi connectivity index (χ1) is 8.99. The molecule has 0 radical (unpaired) electrons. The molecule has 1 aromatic carbocycles. The highest BCUT2D eigenvalue weighted by Crippen LogP contribution is 2.22. The SMILES string of the molecule is Cc1ccc(S(=O)(=O)/C=C(/Cl)c2cccnc2)cc1. The van der Waals surface area contributed by atoms with Crippen molar-refractivity contribution in [3.63, 3.8) is 0 Å². The quantitative estimate of drug-likeness (QED) is 0.871. The molecule has 0 fully saturated rings. The maximum Gasteiger partial charge on any atom is 0.201 e. The van der Waals surface area contributed by atoms with Crippen molar-refractivity contribution in [3.05, 3.63) is 65.3 Å². The van der Waals surface area contributed by atoms with Crippen molar-refractivity contribution in [2.45, 2.75) is 11.8 Å². The van der Waals surface area contributed by atoms with E-state index in [1.807, 2.05) is 6.92 Å². The number of hydrogen-bond donors (Lipinski definition) is 0. The van der Waals surface area contributed by atoms with E-state index in [2.05, 4.69) is 4.98 Å². The van der Waals surface area contributed by atoms with Crippen LogP contribution in [0.3, 0.4) is 0 Å². The third-order valence-electron chi connectivity index (χ3n) is 2.55. The van der Waals surface area contributed by atoms with Gasteiger partial charge in [0.1, 0.15) is 0 Å². The Kier molecular flexibility index (Phi) is 4.02. The predicted molar refractivity (Wildman–Crippen MR) is 76.4 cm³/mol. The van der Waals surface area contributed by atoms with Gasteiger partial charge in [0.05, 0.1) is 15.3 Å². The van der Waals surface area contributed by atoms with Crippen LogP contribution in [0, 0.1) is 6.92 Å². The summed E-state index contributed by atoms with van der Waals surface area (Å²) in [6.07, 6.45) is 3.12. The number of hydrogen-bond acceptors (Lipinski definition) is 3. The fourth-order valence-electron chi connectivity index (χ4n) is 1.50. The number of pyridine rings is 1. The first kappa shape index (κ1) is 13.8. The van der Waals surface area contributed by atoms with Gasteiger partial charge < -0.3 is 0 Å². The topological polar surface area (TPSA) is 47.0 Å². The highest BCUT2D eigenvalue weighted by atomic mass is 35.5. The van der Waals surface area contributed by atoms with Crippen molar-refractivity contribution < 1.29 is 8.42 Å². The monoisotopic (exact) mass is 293 g/mol. The van der Waals surface area contributed by atoms with Crippen LogP contribution in [0.2, 0.25) is 0 Å². The van der Waals surface area contributed by atoms with E-state index in [4.69, 9.17) is 11.6 Å². The van der Waals surface area contributed by atoms with E-state index in [0.29, 0.717) is 5.56 Å². The molecule has 0 saturated carbocycles. The van der Waals surface area contributed by atoms with Crippen LogP contribution < -0.4 is 0 Å². The molecule has 0 amide bonds. The van der Waals surface area contributed by atoms with Crippen molar-refractivity contribution in [3.8, 4) is 0 Å². The molecule has 0 atom stereocenters. The van der Waals surface area contributed by atoms with Crippen LogP contribution in [0.5, 0.6) is 0 Å². The van der Waals surface area contributed by atoms with Gasteiger partial charge in [-0.15, -0.1) is 0 Å². The number of sulfone groups is 1. The van der Waals surface area contributed by atoms with Gasteiger partial charge in [0.15, 0.2) is 0 Å². The molecule has 19 heavy (non-hydrogen) atoms. The van der Waals surface area contributed by atoms with Gasteiger partial charge in [0, 0.05) is 18.0 Å². The molecule has 1 aromatic heterocycles. The first-order valence-electron chi connectivity index (χ1n) is 5.58. The summed E-state index contributed by atoms with van der Waals surface area (Å²) < 4.78 is 24.3. The predicted octanol–water partition coefficient (Wildman–Crippen LogP) is 3.40. The molecular formula is C14H12ClNO2S. The second-order valence-corrected chi connectivity index (χ2v) is 6.27. The number of halogens is 1. The zero-order chi connectivity index (χ0) is 13.9. The highest BCUT2D eigenvalue weighted by molar-refractivity contribution is 7.94. The third kappa shape index (κ3) is 3.43. The van der Waals surface area contributed by atoms with Crippen LogP contribution >= 0.6 is 11.6 Å². The fourth-order valence-corrected chi connectivity index (χ4v) is 3.03. The summed E-state index contributed by atoms with van der Waals surface area (Å²) in [6.45, 7) is 1.90. The molecule has 0 unspecified atom stereocenters. The van der Waals surface area contributed by atoms with Crippen molar-refractivity contribution in [1.82, 2.24) is 4.98 Å². The molecule has 2 aromatic rings. The zero-order valence-corrected chi connectivity index (χ0v) is 11.8. The van der Waals surface area contributed by atoms with E-state index in [0.717, 1.165) is 11.0 Å². The van der Waals surface area contributed by atoms with Gasteiger partial charge in [0.25, 0.3) is 0 Å². The van der Waals surface area contributed by atoms with E-state index < -0.39 is 9.84 Å². The van der Waals surface area contributed by atoms with Crippen LogP contribution in [0.4, 0.5) is 0 Å². The molecule has 3 nitrogen and oxygen atoms in total. The average Bonchev–Trinajstić information content (AvgIpc) is 2.40. The Morgan fingerprint density at radius 2 is 1.89 bits per heavy atom. The minimum Gasteiger partial charge on any atom is -0.264 e. The molecule has 5 heteroatoms. The second-order valence-electron chi connectivity index (χ2n) is 4.07. The highest BCUT2D eigenvalue weighted by Gasteiger charge is 2.12.